The van der Waals surface area contributed by atoms with Crippen LogP contribution in [0.25, 0.3) is 0 Å². The molecular weight excluding hydrogens is 282 g/mol. The van der Waals surface area contributed by atoms with Crippen molar-refractivity contribution in [3.63, 3.8) is 0 Å². The fourth-order valence-corrected chi connectivity index (χ4v) is 2.98. The Balaban J connectivity index is 1.44. The molecule has 2 atom stereocenters. The van der Waals surface area contributed by atoms with Crippen molar-refractivity contribution in [2.24, 2.45) is 0 Å². The van der Waals surface area contributed by atoms with Crippen molar-refractivity contribution in [3.8, 4) is 0 Å². The number of nitrogens with one attached hydrogen (secondary N) is 2. The van der Waals surface area contributed by atoms with Crippen molar-refractivity contribution in [1.29, 1.82) is 0 Å². The summed E-state index contributed by atoms with van der Waals surface area (Å²) in [6.45, 7) is 3.07. The number of carbonyl (C=O) groups excluding carboxylic acids is 1. The summed E-state index contributed by atoms with van der Waals surface area (Å²) >= 11 is 0. The largest absolute Gasteiger partial charge is 0.376 e. The Morgan fingerprint density at radius 1 is 1.32 bits per heavy atom. The minimum atomic E-state index is -0.115. The SMILES string of the molecule is O=C(NCC1CCCO1)NC1CCCN(c2ncccn2)C1. The van der Waals surface area contributed by atoms with Crippen LogP contribution in [0.2, 0.25) is 0 Å². The Bertz CT molecular complexity index is 478. The molecule has 3 heterocycles. The van der Waals surface area contributed by atoms with Gasteiger partial charge in [-0.3, -0.25) is 0 Å². The van der Waals surface area contributed by atoms with E-state index in [1.807, 2.05) is 6.07 Å². The van der Waals surface area contributed by atoms with Gasteiger partial charge in [-0.05, 0) is 31.7 Å². The van der Waals surface area contributed by atoms with Gasteiger partial charge in [0.15, 0.2) is 0 Å². The number of ether oxygens (including phenoxy) is 1. The Hall–Kier alpha value is -1.89. The van der Waals surface area contributed by atoms with Crippen LogP contribution in [0.15, 0.2) is 18.5 Å². The van der Waals surface area contributed by atoms with Crippen LogP contribution in [0, 0.1) is 0 Å². The van der Waals surface area contributed by atoms with Crippen LogP contribution in [0.5, 0.6) is 0 Å². The van der Waals surface area contributed by atoms with Crippen molar-refractivity contribution < 1.29 is 9.53 Å². The highest BCUT2D eigenvalue weighted by Gasteiger charge is 2.23. The highest BCUT2D eigenvalue weighted by molar-refractivity contribution is 5.74. The summed E-state index contributed by atoms with van der Waals surface area (Å²) in [5, 5.41) is 5.94. The Morgan fingerprint density at radius 3 is 2.95 bits per heavy atom. The average Bonchev–Trinajstić information content (AvgIpc) is 3.08. The minimum Gasteiger partial charge on any atom is -0.376 e. The second-order valence-electron chi connectivity index (χ2n) is 5.82. The van der Waals surface area contributed by atoms with Gasteiger partial charge in [0.1, 0.15) is 0 Å². The monoisotopic (exact) mass is 305 g/mol. The van der Waals surface area contributed by atoms with E-state index in [-0.39, 0.29) is 18.2 Å². The van der Waals surface area contributed by atoms with Gasteiger partial charge in [0, 0.05) is 44.7 Å². The first kappa shape index (κ1) is 15.0. The van der Waals surface area contributed by atoms with Crippen LogP contribution in [0.4, 0.5) is 10.7 Å². The predicted octanol–water partition coefficient (Wildman–Crippen LogP) is 0.924. The highest BCUT2D eigenvalue weighted by atomic mass is 16.5. The van der Waals surface area contributed by atoms with Gasteiger partial charge in [0.2, 0.25) is 5.95 Å². The molecule has 7 heteroatoms. The van der Waals surface area contributed by atoms with Crippen LogP contribution in [0.3, 0.4) is 0 Å². The quantitative estimate of drug-likeness (QED) is 0.865. The van der Waals surface area contributed by atoms with Gasteiger partial charge in [-0.25, -0.2) is 14.8 Å². The summed E-state index contributed by atoms with van der Waals surface area (Å²) in [5.74, 6) is 0.730. The van der Waals surface area contributed by atoms with Crippen molar-refractivity contribution in [3.05, 3.63) is 18.5 Å². The lowest BCUT2D eigenvalue weighted by Gasteiger charge is -2.33. The van der Waals surface area contributed by atoms with Gasteiger partial charge >= 0.3 is 6.03 Å². The van der Waals surface area contributed by atoms with Crippen molar-refractivity contribution in [1.82, 2.24) is 20.6 Å². The Kier molecular flexibility index (Phi) is 5.05. The number of hydrogen-bond acceptors (Lipinski definition) is 5. The molecule has 0 radical (unpaired) electrons. The molecule has 1 aromatic heterocycles. The molecule has 2 unspecified atom stereocenters. The van der Waals surface area contributed by atoms with E-state index in [4.69, 9.17) is 4.74 Å². The average molecular weight is 305 g/mol. The van der Waals surface area contributed by atoms with Crippen molar-refractivity contribution in [2.75, 3.05) is 31.1 Å². The van der Waals surface area contributed by atoms with Crippen LogP contribution >= 0.6 is 0 Å². The third kappa shape index (κ3) is 4.07. The number of nitrogens with zero attached hydrogens (tertiary/aromatic N) is 3. The Labute approximate surface area is 130 Å². The second-order valence-corrected chi connectivity index (χ2v) is 5.82. The fraction of sp³-hybridized carbons (Fsp3) is 0.667. The molecular formula is C15H23N5O2. The maximum absolute atomic E-state index is 12.0. The zero-order valence-corrected chi connectivity index (χ0v) is 12.7. The number of piperidine rings is 1. The molecule has 0 aliphatic carbocycles. The standard InChI is InChI=1S/C15H23N5O2/c21-15(18-10-13-5-2-9-22-13)19-12-4-1-8-20(11-12)14-16-6-3-7-17-14/h3,6-7,12-13H,1-2,4-5,8-11H2,(H2,18,19,21). The molecule has 2 aliphatic rings. The molecule has 2 saturated heterocycles. The van der Waals surface area contributed by atoms with E-state index >= 15 is 0 Å². The molecule has 3 rings (SSSR count). The van der Waals surface area contributed by atoms with Gasteiger partial charge < -0.3 is 20.3 Å². The van der Waals surface area contributed by atoms with E-state index in [0.29, 0.717) is 6.54 Å². The fourth-order valence-electron chi connectivity index (χ4n) is 2.98. The van der Waals surface area contributed by atoms with Gasteiger partial charge in [-0.2, -0.15) is 0 Å². The van der Waals surface area contributed by atoms with Crippen molar-refractivity contribution >= 4 is 12.0 Å². The third-order valence-electron chi connectivity index (χ3n) is 4.11. The van der Waals surface area contributed by atoms with Gasteiger partial charge in [-0.1, -0.05) is 0 Å². The molecule has 1 aromatic rings. The summed E-state index contributed by atoms with van der Waals surface area (Å²) in [4.78, 5) is 22.7. The topological polar surface area (TPSA) is 79.4 Å². The van der Waals surface area contributed by atoms with Crippen molar-refractivity contribution in [2.45, 2.75) is 37.8 Å². The molecule has 22 heavy (non-hydrogen) atoms. The van der Waals surface area contributed by atoms with Crippen LogP contribution in [-0.4, -0.2) is 54.4 Å². The molecule has 2 aliphatic heterocycles. The maximum Gasteiger partial charge on any atom is 0.315 e. The molecule has 7 nitrogen and oxygen atoms in total. The summed E-state index contributed by atoms with van der Waals surface area (Å²) in [7, 11) is 0. The lowest BCUT2D eigenvalue weighted by molar-refractivity contribution is 0.111. The smallest absolute Gasteiger partial charge is 0.315 e. The van der Waals surface area contributed by atoms with E-state index in [9.17, 15) is 4.79 Å². The molecule has 0 bridgehead atoms. The molecule has 2 fully saturated rings. The highest BCUT2D eigenvalue weighted by Crippen LogP contribution is 2.15. The number of aromatic nitrogens is 2. The summed E-state index contributed by atoms with van der Waals surface area (Å²) in [6.07, 6.45) is 7.78. The normalized spacial score (nSPS) is 25.0. The molecule has 0 spiro atoms. The van der Waals surface area contributed by atoms with E-state index in [0.717, 1.165) is 51.3 Å². The van der Waals surface area contributed by atoms with Gasteiger partial charge in [0.25, 0.3) is 0 Å². The number of hydrogen-bond donors (Lipinski definition) is 2. The van der Waals surface area contributed by atoms with Crippen LogP contribution < -0.4 is 15.5 Å². The van der Waals surface area contributed by atoms with E-state index < -0.39 is 0 Å². The summed E-state index contributed by atoms with van der Waals surface area (Å²) in [5.41, 5.74) is 0. The number of rotatable bonds is 4. The first-order chi connectivity index (χ1) is 10.8. The molecule has 0 aromatic carbocycles. The maximum atomic E-state index is 12.0. The summed E-state index contributed by atoms with van der Waals surface area (Å²) in [6, 6.07) is 1.82. The predicted molar refractivity (Wildman–Crippen MR) is 82.8 cm³/mol. The summed E-state index contributed by atoms with van der Waals surface area (Å²) < 4.78 is 5.50. The number of anilines is 1. The molecule has 2 amide bonds. The number of carbonyl (C=O) groups is 1. The molecule has 0 saturated carbocycles. The first-order valence-corrected chi connectivity index (χ1v) is 7.99. The first-order valence-electron chi connectivity index (χ1n) is 7.99. The van der Waals surface area contributed by atoms with Gasteiger partial charge in [-0.15, -0.1) is 0 Å². The number of urea groups is 1. The van der Waals surface area contributed by atoms with E-state index in [2.05, 4.69) is 25.5 Å². The minimum absolute atomic E-state index is 0.115. The zero-order chi connectivity index (χ0) is 15.2. The molecule has 2 N–H and O–H groups in total. The van der Waals surface area contributed by atoms with Crippen LogP contribution in [-0.2, 0) is 4.74 Å². The van der Waals surface area contributed by atoms with E-state index in [1.54, 1.807) is 12.4 Å². The molecule has 120 valence electrons. The lowest BCUT2D eigenvalue weighted by atomic mass is 10.1. The van der Waals surface area contributed by atoms with Gasteiger partial charge in [0.05, 0.1) is 6.10 Å². The zero-order valence-electron chi connectivity index (χ0n) is 12.7. The third-order valence-corrected chi connectivity index (χ3v) is 4.11. The van der Waals surface area contributed by atoms with Crippen LogP contribution in [0.1, 0.15) is 25.7 Å². The lowest BCUT2D eigenvalue weighted by Crippen LogP contribution is -2.51. The Morgan fingerprint density at radius 2 is 2.18 bits per heavy atom. The number of amides is 2. The van der Waals surface area contributed by atoms with E-state index in [1.165, 1.54) is 0 Å². The second kappa shape index (κ2) is 7.40.